The van der Waals surface area contributed by atoms with Crippen LogP contribution in [0.4, 0.5) is 0 Å². The van der Waals surface area contributed by atoms with Gasteiger partial charge >= 0.3 is 0 Å². The fraction of sp³-hybridized carbons (Fsp3) is 0.769. The summed E-state index contributed by atoms with van der Waals surface area (Å²) in [4.78, 5) is 2.51. The highest BCUT2D eigenvalue weighted by Gasteiger charge is 2.39. The maximum Gasteiger partial charge on any atom is 0.246 e. The van der Waals surface area contributed by atoms with E-state index in [1.165, 1.54) is 0 Å². The first-order valence-electron chi connectivity index (χ1n) is 7.10. The molecular weight excluding hydrogens is 290 g/mol. The Balaban J connectivity index is 2.37. The average Bonchev–Trinajstić information content (AvgIpc) is 2.75. The second-order valence-electron chi connectivity index (χ2n) is 6.23. The first-order chi connectivity index (χ1) is 9.70. The molecule has 1 aromatic heterocycles. The molecule has 0 saturated carbocycles. The van der Waals surface area contributed by atoms with Crippen molar-refractivity contribution in [2.75, 3.05) is 33.7 Å². The van der Waals surface area contributed by atoms with E-state index in [-0.39, 0.29) is 5.54 Å². The van der Waals surface area contributed by atoms with Crippen LogP contribution < -0.4 is 5.32 Å². The maximum atomic E-state index is 13.0. The number of sulfonamides is 1. The van der Waals surface area contributed by atoms with Crippen LogP contribution in [0.2, 0.25) is 0 Å². The largest absolute Gasteiger partial charge is 0.314 e. The van der Waals surface area contributed by atoms with E-state index >= 15 is 0 Å². The van der Waals surface area contributed by atoms with E-state index in [1.807, 2.05) is 7.05 Å². The summed E-state index contributed by atoms with van der Waals surface area (Å²) >= 11 is 0. The van der Waals surface area contributed by atoms with Crippen molar-refractivity contribution >= 4 is 10.0 Å². The van der Waals surface area contributed by atoms with Crippen molar-refractivity contribution in [2.45, 2.75) is 37.8 Å². The first-order valence-corrected chi connectivity index (χ1v) is 8.54. The summed E-state index contributed by atoms with van der Waals surface area (Å²) in [6.45, 7) is 8.01. The van der Waals surface area contributed by atoms with Crippen molar-refractivity contribution in [3.63, 3.8) is 0 Å². The molecule has 7 nitrogen and oxygen atoms in total. The molecule has 0 unspecified atom stereocenters. The Morgan fingerprint density at radius 3 is 2.62 bits per heavy atom. The molecule has 0 amide bonds. The van der Waals surface area contributed by atoms with Crippen LogP contribution in [-0.4, -0.2) is 67.1 Å². The molecular formula is C13H25N5O2S. The van der Waals surface area contributed by atoms with E-state index < -0.39 is 10.0 Å². The van der Waals surface area contributed by atoms with Gasteiger partial charge in [-0.3, -0.25) is 10.00 Å². The predicted molar refractivity (Wildman–Crippen MR) is 81.6 cm³/mol. The van der Waals surface area contributed by atoms with Crippen LogP contribution in [0.1, 0.15) is 25.2 Å². The quantitative estimate of drug-likeness (QED) is 0.827. The van der Waals surface area contributed by atoms with Crippen LogP contribution >= 0.6 is 0 Å². The molecule has 1 aliphatic heterocycles. The van der Waals surface area contributed by atoms with Crippen LogP contribution in [0.15, 0.2) is 4.90 Å². The highest BCUT2D eigenvalue weighted by atomic mass is 32.2. The molecule has 2 N–H and O–H groups in total. The normalized spacial score (nSPS) is 20.8. The fourth-order valence-electron chi connectivity index (χ4n) is 2.63. The van der Waals surface area contributed by atoms with E-state index in [0.29, 0.717) is 35.9 Å². The molecule has 0 spiro atoms. The molecule has 21 heavy (non-hydrogen) atoms. The molecule has 1 aromatic rings. The lowest BCUT2D eigenvalue weighted by Crippen LogP contribution is -2.58. The molecule has 0 aliphatic carbocycles. The van der Waals surface area contributed by atoms with E-state index in [0.717, 1.165) is 6.54 Å². The van der Waals surface area contributed by atoms with Gasteiger partial charge in [-0.05, 0) is 34.9 Å². The van der Waals surface area contributed by atoms with Gasteiger partial charge in [0.2, 0.25) is 10.0 Å². The zero-order valence-electron chi connectivity index (χ0n) is 13.4. The topological polar surface area (TPSA) is 81.3 Å². The zero-order valence-corrected chi connectivity index (χ0v) is 14.2. The number of rotatable bonds is 4. The van der Waals surface area contributed by atoms with E-state index in [2.05, 4.69) is 34.3 Å². The molecule has 0 bridgehead atoms. The van der Waals surface area contributed by atoms with Gasteiger partial charge in [-0.2, -0.15) is 9.40 Å². The van der Waals surface area contributed by atoms with Crippen LogP contribution in [0, 0.1) is 6.92 Å². The molecule has 8 heteroatoms. The lowest BCUT2D eigenvalue weighted by Gasteiger charge is -2.44. The van der Waals surface area contributed by atoms with Gasteiger partial charge in [0.1, 0.15) is 4.90 Å². The number of piperazine rings is 1. The number of aromatic amines is 1. The summed E-state index contributed by atoms with van der Waals surface area (Å²) in [6, 6.07) is 0. The van der Waals surface area contributed by atoms with Crippen molar-refractivity contribution in [1.29, 1.82) is 0 Å². The molecule has 1 saturated heterocycles. The molecule has 1 aliphatic rings. The Bertz CT molecular complexity index is 608. The van der Waals surface area contributed by atoms with Crippen molar-refractivity contribution in [1.82, 2.24) is 24.7 Å². The monoisotopic (exact) mass is 315 g/mol. The number of nitrogens with zero attached hydrogens (tertiary/aromatic N) is 3. The average molecular weight is 315 g/mol. The van der Waals surface area contributed by atoms with Gasteiger partial charge < -0.3 is 5.32 Å². The lowest BCUT2D eigenvalue weighted by atomic mass is 10.0. The van der Waals surface area contributed by atoms with Gasteiger partial charge in [-0.25, -0.2) is 8.42 Å². The molecule has 0 aromatic carbocycles. The number of hydrogen-bond acceptors (Lipinski definition) is 5. The van der Waals surface area contributed by atoms with Gasteiger partial charge in [-0.15, -0.1) is 0 Å². The second kappa shape index (κ2) is 5.68. The number of aromatic nitrogens is 2. The Morgan fingerprint density at radius 1 is 1.38 bits per heavy atom. The van der Waals surface area contributed by atoms with Crippen molar-refractivity contribution in [3.05, 3.63) is 11.4 Å². The summed E-state index contributed by atoms with van der Waals surface area (Å²) in [7, 11) is 0.281. The summed E-state index contributed by atoms with van der Waals surface area (Å²) < 4.78 is 27.5. The van der Waals surface area contributed by atoms with Gasteiger partial charge in [0, 0.05) is 31.7 Å². The number of H-pyrrole nitrogens is 1. The second-order valence-corrected chi connectivity index (χ2v) is 8.10. The Kier molecular flexibility index (Phi) is 4.44. The third-order valence-corrected chi connectivity index (χ3v) is 6.23. The lowest BCUT2D eigenvalue weighted by molar-refractivity contribution is 0.0801. The van der Waals surface area contributed by atoms with Gasteiger partial charge in [0.25, 0.3) is 0 Å². The van der Waals surface area contributed by atoms with Crippen LogP contribution in [-0.2, 0) is 16.6 Å². The van der Waals surface area contributed by atoms with E-state index in [9.17, 15) is 8.42 Å². The van der Waals surface area contributed by atoms with Crippen molar-refractivity contribution < 1.29 is 8.42 Å². The molecule has 1 fully saturated rings. The molecule has 120 valence electrons. The predicted octanol–water partition coefficient (Wildman–Crippen LogP) is 0.152. The highest BCUT2D eigenvalue weighted by Crippen LogP contribution is 2.27. The summed E-state index contributed by atoms with van der Waals surface area (Å²) in [6.07, 6.45) is 0. The van der Waals surface area contributed by atoms with Crippen LogP contribution in [0.25, 0.3) is 0 Å². The van der Waals surface area contributed by atoms with Crippen LogP contribution in [0.3, 0.4) is 0 Å². The van der Waals surface area contributed by atoms with Gasteiger partial charge in [0.15, 0.2) is 0 Å². The number of hydrogen-bond donors (Lipinski definition) is 2. The Hall–Kier alpha value is -0.960. The van der Waals surface area contributed by atoms with Gasteiger partial charge in [0.05, 0.1) is 11.4 Å². The maximum absolute atomic E-state index is 13.0. The molecule has 0 atom stereocenters. The number of nitrogens with one attached hydrogen (secondary N) is 2. The minimum Gasteiger partial charge on any atom is -0.314 e. The molecule has 2 heterocycles. The third-order valence-electron chi connectivity index (χ3n) is 4.18. The van der Waals surface area contributed by atoms with E-state index in [4.69, 9.17) is 0 Å². The summed E-state index contributed by atoms with van der Waals surface area (Å²) in [5.74, 6) is 0. The highest BCUT2D eigenvalue weighted by molar-refractivity contribution is 7.89. The number of aryl methyl sites for hydroxylation is 1. The minimum atomic E-state index is -3.52. The summed E-state index contributed by atoms with van der Waals surface area (Å²) in [5, 5.41) is 9.87. The van der Waals surface area contributed by atoms with Crippen molar-refractivity contribution in [2.24, 2.45) is 0 Å². The Morgan fingerprint density at radius 2 is 2.05 bits per heavy atom. The van der Waals surface area contributed by atoms with E-state index in [1.54, 1.807) is 18.3 Å². The Labute approximate surface area is 126 Å². The SMILES string of the molecule is CNCc1n[nH]c(C)c1S(=O)(=O)N1CCN(C)C(C)(C)C1. The molecule has 2 rings (SSSR count). The number of likely N-dealkylation sites (N-methyl/N-ethyl adjacent to an activating group) is 1. The van der Waals surface area contributed by atoms with Crippen molar-refractivity contribution in [3.8, 4) is 0 Å². The molecule has 0 radical (unpaired) electrons. The van der Waals surface area contributed by atoms with Gasteiger partial charge in [-0.1, -0.05) is 0 Å². The first kappa shape index (κ1) is 16.4. The fourth-order valence-corrected chi connectivity index (χ4v) is 4.54. The smallest absolute Gasteiger partial charge is 0.246 e. The third kappa shape index (κ3) is 2.98. The standard InChI is InChI=1S/C13H25N5O2S/c1-10-12(11(8-14-4)16-15-10)21(19,20)18-7-6-17(5)13(2,3)9-18/h14H,6-9H2,1-5H3,(H,15,16). The zero-order chi connectivity index (χ0) is 15.8. The minimum absolute atomic E-state index is 0.174. The van der Waals surface area contributed by atoms with Crippen LogP contribution in [0.5, 0.6) is 0 Å². The summed E-state index contributed by atoms with van der Waals surface area (Å²) in [5.41, 5.74) is 0.968.